The molecule has 18 heavy (non-hydrogen) atoms. The average Bonchev–Trinajstić information content (AvgIpc) is 2.41. The van der Waals surface area contributed by atoms with Gasteiger partial charge in [-0.05, 0) is 24.1 Å². The maximum atomic E-state index is 9.86. The lowest BCUT2D eigenvalue weighted by Gasteiger charge is -2.24. The highest BCUT2D eigenvalue weighted by Gasteiger charge is 2.20. The number of nitrogens with zero attached hydrogens (tertiary/aromatic N) is 2. The van der Waals surface area contributed by atoms with Crippen LogP contribution >= 0.6 is 0 Å². The minimum Gasteiger partial charge on any atom is -0.374 e. The van der Waals surface area contributed by atoms with E-state index >= 15 is 0 Å². The Balaban J connectivity index is 1.96. The molecule has 0 radical (unpaired) electrons. The second kappa shape index (κ2) is 4.72. The molecule has 3 heterocycles. The molecule has 1 unspecified atom stereocenters. The smallest absolute Gasteiger partial charge is 0.132 e. The quantitative estimate of drug-likeness (QED) is 0.741. The molecule has 2 aromatic heterocycles. The molecule has 2 aromatic rings. The Morgan fingerprint density at radius 3 is 2.89 bits per heavy atom. The SMILES string of the molecule is OC1NCCc2c(Nc3ccncc3)cncc21. The first-order valence-corrected chi connectivity index (χ1v) is 5.90. The Kier molecular flexibility index (Phi) is 2.92. The second-order valence-electron chi connectivity index (χ2n) is 4.22. The number of anilines is 2. The van der Waals surface area contributed by atoms with Crippen LogP contribution in [0.1, 0.15) is 17.4 Å². The van der Waals surface area contributed by atoms with E-state index in [1.807, 2.05) is 12.1 Å². The van der Waals surface area contributed by atoms with E-state index in [-0.39, 0.29) is 0 Å². The van der Waals surface area contributed by atoms with Gasteiger partial charge in [-0.25, -0.2) is 0 Å². The van der Waals surface area contributed by atoms with Crippen LogP contribution in [0.4, 0.5) is 11.4 Å². The van der Waals surface area contributed by atoms with Crippen LogP contribution in [0.5, 0.6) is 0 Å². The number of aliphatic hydroxyl groups excluding tert-OH is 1. The maximum absolute atomic E-state index is 9.86. The summed E-state index contributed by atoms with van der Waals surface area (Å²) >= 11 is 0. The molecule has 1 aliphatic rings. The average molecular weight is 242 g/mol. The van der Waals surface area contributed by atoms with Crippen LogP contribution in [0.3, 0.4) is 0 Å². The molecule has 0 fully saturated rings. The van der Waals surface area contributed by atoms with Gasteiger partial charge in [0.05, 0.1) is 11.9 Å². The molecule has 0 spiro atoms. The summed E-state index contributed by atoms with van der Waals surface area (Å²) < 4.78 is 0. The van der Waals surface area contributed by atoms with Crippen molar-refractivity contribution in [1.82, 2.24) is 15.3 Å². The molecule has 0 aromatic carbocycles. The van der Waals surface area contributed by atoms with Crippen LogP contribution in [0.2, 0.25) is 0 Å². The van der Waals surface area contributed by atoms with Crippen molar-refractivity contribution >= 4 is 11.4 Å². The van der Waals surface area contributed by atoms with Crippen LogP contribution in [0.15, 0.2) is 36.9 Å². The first kappa shape index (κ1) is 11.1. The summed E-state index contributed by atoms with van der Waals surface area (Å²) in [6.07, 6.45) is 7.23. The summed E-state index contributed by atoms with van der Waals surface area (Å²) in [6.45, 7) is 0.767. The number of aliphatic hydroxyl groups is 1. The van der Waals surface area contributed by atoms with Crippen LogP contribution < -0.4 is 10.6 Å². The van der Waals surface area contributed by atoms with Gasteiger partial charge in [0.2, 0.25) is 0 Å². The zero-order chi connectivity index (χ0) is 12.4. The summed E-state index contributed by atoms with van der Waals surface area (Å²) in [5.41, 5.74) is 3.88. The molecule has 3 rings (SSSR count). The van der Waals surface area contributed by atoms with E-state index in [1.54, 1.807) is 24.8 Å². The molecule has 92 valence electrons. The van der Waals surface area contributed by atoms with E-state index in [4.69, 9.17) is 0 Å². The highest BCUT2D eigenvalue weighted by Crippen LogP contribution is 2.28. The highest BCUT2D eigenvalue weighted by molar-refractivity contribution is 5.63. The van der Waals surface area contributed by atoms with Crippen molar-refractivity contribution in [1.29, 1.82) is 0 Å². The van der Waals surface area contributed by atoms with Crippen LogP contribution in [-0.2, 0) is 6.42 Å². The molecule has 5 nitrogen and oxygen atoms in total. The molecule has 1 atom stereocenters. The van der Waals surface area contributed by atoms with E-state index < -0.39 is 6.23 Å². The number of hydrogen-bond acceptors (Lipinski definition) is 5. The standard InChI is InChI=1S/C13H14N4O/c18-13-11-7-15-8-12(10(11)3-6-16-13)17-9-1-4-14-5-2-9/h1-2,4-5,7-8,13,16,18H,3,6H2,(H,14,17). The lowest BCUT2D eigenvalue weighted by Crippen LogP contribution is -2.30. The third kappa shape index (κ3) is 2.05. The molecule has 5 heteroatoms. The van der Waals surface area contributed by atoms with Crippen molar-refractivity contribution < 1.29 is 5.11 Å². The fourth-order valence-electron chi connectivity index (χ4n) is 2.16. The summed E-state index contributed by atoms with van der Waals surface area (Å²) in [5, 5.41) is 16.2. The van der Waals surface area contributed by atoms with Gasteiger partial charge in [-0.15, -0.1) is 0 Å². The van der Waals surface area contributed by atoms with Gasteiger partial charge in [0, 0.05) is 36.4 Å². The van der Waals surface area contributed by atoms with Crippen LogP contribution in [-0.4, -0.2) is 21.6 Å². The van der Waals surface area contributed by atoms with Gasteiger partial charge < -0.3 is 10.4 Å². The Bertz CT molecular complexity index is 544. The van der Waals surface area contributed by atoms with Gasteiger partial charge in [0.25, 0.3) is 0 Å². The zero-order valence-electron chi connectivity index (χ0n) is 9.80. The summed E-state index contributed by atoms with van der Waals surface area (Å²) in [7, 11) is 0. The van der Waals surface area contributed by atoms with Crippen LogP contribution in [0.25, 0.3) is 0 Å². The van der Waals surface area contributed by atoms with Gasteiger partial charge in [-0.1, -0.05) is 0 Å². The zero-order valence-corrected chi connectivity index (χ0v) is 9.80. The highest BCUT2D eigenvalue weighted by atomic mass is 16.3. The number of nitrogens with one attached hydrogen (secondary N) is 2. The summed E-state index contributed by atoms with van der Waals surface area (Å²) in [4.78, 5) is 8.15. The van der Waals surface area contributed by atoms with Gasteiger partial charge in [0.1, 0.15) is 6.23 Å². The topological polar surface area (TPSA) is 70.1 Å². The molecule has 0 saturated heterocycles. The van der Waals surface area contributed by atoms with E-state index in [2.05, 4.69) is 20.6 Å². The number of fused-ring (bicyclic) bond motifs is 1. The van der Waals surface area contributed by atoms with Crippen molar-refractivity contribution in [3.05, 3.63) is 48.0 Å². The van der Waals surface area contributed by atoms with Crippen molar-refractivity contribution in [2.24, 2.45) is 0 Å². The molecule has 1 aliphatic heterocycles. The molecule has 0 saturated carbocycles. The van der Waals surface area contributed by atoms with Crippen molar-refractivity contribution in [3.8, 4) is 0 Å². The van der Waals surface area contributed by atoms with Gasteiger partial charge in [-0.2, -0.15) is 0 Å². The Morgan fingerprint density at radius 1 is 1.22 bits per heavy atom. The largest absolute Gasteiger partial charge is 0.374 e. The van der Waals surface area contributed by atoms with E-state index in [0.717, 1.165) is 35.5 Å². The third-order valence-corrected chi connectivity index (χ3v) is 3.06. The first-order chi connectivity index (χ1) is 8.84. The van der Waals surface area contributed by atoms with Crippen LogP contribution in [0, 0.1) is 0 Å². The third-order valence-electron chi connectivity index (χ3n) is 3.06. The molecule has 3 N–H and O–H groups in total. The van der Waals surface area contributed by atoms with Crippen molar-refractivity contribution in [2.45, 2.75) is 12.6 Å². The van der Waals surface area contributed by atoms with Gasteiger partial charge in [0.15, 0.2) is 0 Å². The predicted molar refractivity (Wildman–Crippen MR) is 68.4 cm³/mol. The van der Waals surface area contributed by atoms with Gasteiger partial charge >= 0.3 is 0 Å². The fraction of sp³-hybridized carbons (Fsp3) is 0.231. The number of pyridine rings is 2. The van der Waals surface area contributed by atoms with Crippen molar-refractivity contribution in [2.75, 3.05) is 11.9 Å². The maximum Gasteiger partial charge on any atom is 0.132 e. The molecule has 0 aliphatic carbocycles. The Labute approximate surface area is 105 Å². The van der Waals surface area contributed by atoms with Gasteiger partial charge in [-0.3, -0.25) is 15.3 Å². The van der Waals surface area contributed by atoms with Crippen molar-refractivity contribution in [3.63, 3.8) is 0 Å². The fourth-order valence-corrected chi connectivity index (χ4v) is 2.16. The normalized spacial score (nSPS) is 18.2. The minimum atomic E-state index is -0.625. The van der Waals surface area contributed by atoms with E-state index in [1.165, 1.54) is 0 Å². The van der Waals surface area contributed by atoms with E-state index in [9.17, 15) is 5.11 Å². The number of rotatable bonds is 2. The first-order valence-electron chi connectivity index (χ1n) is 5.90. The monoisotopic (exact) mass is 242 g/mol. The molecular weight excluding hydrogens is 228 g/mol. The lowest BCUT2D eigenvalue weighted by atomic mass is 10.0. The predicted octanol–water partition coefficient (Wildman–Crippen LogP) is 1.36. The molecular formula is C13H14N4O. The Hall–Kier alpha value is -1.98. The second-order valence-corrected chi connectivity index (χ2v) is 4.22. The number of aromatic nitrogens is 2. The molecule has 0 amide bonds. The summed E-state index contributed by atoms with van der Waals surface area (Å²) in [6, 6.07) is 3.80. The molecule has 0 bridgehead atoms. The lowest BCUT2D eigenvalue weighted by molar-refractivity contribution is 0.132. The summed E-state index contributed by atoms with van der Waals surface area (Å²) in [5.74, 6) is 0. The van der Waals surface area contributed by atoms with E-state index in [0.29, 0.717) is 0 Å². The minimum absolute atomic E-state index is 0.625. The number of hydrogen-bond donors (Lipinski definition) is 3. The Morgan fingerprint density at radius 2 is 2.06 bits per heavy atom.